The van der Waals surface area contributed by atoms with Crippen LogP contribution < -0.4 is 9.47 Å². The van der Waals surface area contributed by atoms with Gasteiger partial charge in [-0.3, -0.25) is 14.4 Å². The van der Waals surface area contributed by atoms with Crippen LogP contribution in [0.1, 0.15) is 45.7 Å². The van der Waals surface area contributed by atoms with Crippen LogP contribution in [0.3, 0.4) is 0 Å². The maximum absolute atomic E-state index is 13.3. The fourth-order valence-corrected chi connectivity index (χ4v) is 3.81. The quantitative estimate of drug-likeness (QED) is 0.471. The standard InChI is InChI=1S/C23H15NO5/c1-11-7-8-15-16(9-11)29-18-10-17(28-12(2)25)19-20(21(18)24-15)23(27)14-6-4-3-5-13(14)22(19)26/h3-10,16H,1-2H3. The van der Waals surface area contributed by atoms with Crippen molar-refractivity contribution in [3.63, 3.8) is 0 Å². The van der Waals surface area contributed by atoms with Gasteiger partial charge in [-0.05, 0) is 19.1 Å². The second kappa shape index (κ2) is 6.10. The molecular formula is C23H15NO5. The minimum atomic E-state index is -0.595. The molecule has 29 heavy (non-hydrogen) atoms. The number of aliphatic imine (C=N–C) groups is 1. The first-order valence-corrected chi connectivity index (χ1v) is 9.13. The Morgan fingerprint density at radius 3 is 2.45 bits per heavy atom. The van der Waals surface area contributed by atoms with E-state index in [1.54, 1.807) is 24.3 Å². The molecule has 6 nitrogen and oxygen atoms in total. The minimum Gasteiger partial charge on any atom is -0.478 e. The monoisotopic (exact) mass is 385 g/mol. The van der Waals surface area contributed by atoms with Gasteiger partial charge in [0, 0.05) is 24.1 Å². The normalized spacial score (nSPS) is 18.5. The van der Waals surface area contributed by atoms with E-state index in [0.29, 0.717) is 17.0 Å². The molecule has 1 heterocycles. The Morgan fingerprint density at radius 1 is 1.07 bits per heavy atom. The summed E-state index contributed by atoms with van der Waals surface area (Å²) in [6, 6.07) is 8.05. The summed E-state index contributed by atoms with van der Waals surface area (Å²) in [7, 11) is 0. The molecule has 2 aliphatic carbocycles. The molecule has 0 spiro atoms. The summed E-state index contributed by atoms with van der Waals surface area (Å²) < 4.78 is 11.4. The molecule has 0 saturated carbocycles. The summed E-state index contributed by atoms with van der Waals surface area (Å²) in [4.78, 5) is 42.8. The lowest BCUT2D eigenvalue weighted by atomic mass is 9.82. The highest BCUT2D eigenvalue weighted by molar-refractivity contribution is 6.31. The molecule has 3 aliphatic rings. The van der Waals surface area contributed by atoms with Crippen molar-refractivity contribution in [3.8, 4) is 11.5 Å². The summed E-state index contributed by atoms with van der Waals surface area (Å²) >= 11 is 0. The van der Waals surface area contributed by atoms with Crippen molar-refractivity contribution in [1.82, 2.24) is 0 Å². The Hall–Kier alpha value is -3.80. The molecule has 1 aliphatic heterocycles. The Morgan fingerprint density at radius 2 is 1.76 bits per heavy atom. The van der Waals surface area contributed by atoms with Gasteiger partial charge in [0.25, 0.3) is 0 Å². The van der Waals surface area contributed by atoms with Gasteiger partial charge in [-0.2, -0.15) is 0 Å². The highest BCUT2D eigenvalue weighted by Gasteiger charge is 2.38. The van der Waals surface area contributed by atoms with Gasteiger partial charge < -0.3 is 9.47 Å². The van der Waals surface area contributed by atoms with Crippen LogP contribution >= 0.6 is 0 Å². The molecule has 0 N–H and O–H groups in total. The molecule has 1 atom stereocenters. The highest BCUT2D eigenvalue weighted by atomic mass is 16.5. The zero-order valence-corrected chi connectivity index (χ0v) is 15.7. The molecule has 142 valence electrons. The van der Waals surface area contributed by atoms with Gasteiger partial charge in [0.15, 0.2) is 23.4 Å². The lowest BCUT2D eigenvalue weighted by molar-refractivity contribution is -0.131. The molecule has 2 aromatic rings. The van der Waals surface area contributed by atoms with Crippen molar-refractivity contribution in [2.75, 3.05) is 0 Å². The number of benzene rings is 2. The smallest absolute Gasteiger partial charge is 0.308 e. The van der Waals surface area contributed by atoms with E-state index >= 15 is 0 Å². The van der Waals surface area contributed by atoms with Gasteiger partial charge in [0.2, 0.25) is 0 Å². The van der Waals surface area contributed by atoms with Crippen molar-refractivity contribution in [2.24, 2.45) is 4.99 Å². The van der Waals surface area contributed by atoms with Gasteiger partial charge in [-0.25, -0.2) is 4.99 Å². The first kappa shape index (κ1) is 17.3. The summed E-state index contributed by atoms with van der Waals surface area (Å²) in [6.45, 7) is 3.19. The van der Waals surface area contributed by atoms with Crippen molar-refractivity contribution >= 4 is 28.9 Å². The summed E-state index contributed by atoms with van der Waals surface area (Å²) in [5, 5.41) is 0. The van der Waals surface area contributed by atoms with E-state index in [0.717, 1.165) is 5.57 Å². The highest BCUT2D eigenvalue weighted by Crippen LogP contribution is 2.47. The fraction of sp³-hybridized carbons (Fsp3) is 0.130. The van der Waals surface area contributed by atoms with E-state index in [1.165, 1.54) is 13.0 Å². The number of hydrogen-bond donors (Lipinski definition) is 0. The number of nitrogens with zero attached hydrogens (tertiary/aromatic N) is 1. The van der Waals surface area contributed by atoms with E-state index in [4.69, 9.17) is 9.47 Å². The Kier molecular flexibility index (Phi) is 3.64. The van der Waals surface area contributed by atoms with Crippen LogP contribution in [0.5, 0.6) is 11.5 Å². The predicted molar refractivity (Wildman–Crippen MR) is 105 cm³/mol. The van der Waals surface area contributed by atoms with Gasteiger partial charge in [0.05, 0.1) is 16.8 Å². The average molecular weight is 385 g/mol. The third kappa shape index (κ3) is 2.56. The molecule has 6 heteroatoms. The second-order valence-electron chi connectivity index (χ2n) is 7.09. The molecule has 0 saturated heterocycles. The molecule has 0 radical (unpaired) electrons. The van der Waals surface area contributed by atoms with E-state index < -0.39 is 12.1 Å². The Balaban J connectivity index is 1.80. The Labute approximate surface area is 166 Å². The SMILES string of the molecule is CC(=O)Oc1cc2c(c3c1C(=O)c1ccccc1C3=O)N=C1C=CC(C)=CC1O2. The van der Waals surface area contributed by atoms with Crippen LogP contribution in [0.25, 0.3) is 0 Å². The molecule has 2 aromatic carbocycles. The number of fused-ring (bicyclic) bond motifs is 5. The maximum atomic E-state index is 13.3. The number of carbonyl (C=O) groups is 3. The van der Waals surface area contributed by atoms with Gasteiger partial charge >= 0.3 is 5.97 Å². The van der Waals surface area contributed by atoms with Crippen LogP contribution in [0, 0.1) is 0 Å². The third-order valence-corrected chi connectivity index (χ3v) is 5.07. The number of rotatable bonds is 1. The first-order chi connectivity index (χ1) is 13.9. The average Bonchev–Trinajstić information content (AvgIpc) is 2.69. The molecule has 0 fully saturated rings. The molecule has 0 amide bonds. The van der Waals surface area contributed by atoms with Gasteiger partial charge in [0.1, 0.15) is 11.4 Å². The first-order valence-electron chi connectivity index (χ1n) is 9.13. The number of ether oxygens (including phenoxy) is 2. The lowest BCUT2D eigenvalue weighted by Gasteiger charge is -2.29. The van der Waals surface area contributed by atoms with Gasteiger partial charge in [-0.15, -0.1) is 0 Å². The van der Waals surface area contributed by atoms with Crippen molar-refractivity contribution in [1.29, 1.82) is 0 Å². The second-order valence-corrected chi connectivity index (χ2v) is 7.09. The van der Waals surface area contributed by atoms with E-state index in [9.17, 15) is 14.4 Å². The van der Waals surface area contributed by atoms with Crippen LogP contribution in [0.15, 0.2) is 59.1 Å². The summed E-state index contributed by atoms with van der Waals surface area (Å²) in [5.74, 6) is -1.02. The van der Waals surface area contributed by atoms with Crippen molar-refractivity contribution in [3.05, 3.63) is 76.4 Å². The van der Waals surface area contributed by atoms with E-state index in [1.807, 2.05) is 25.2 Å². The van der Waals surface area contributed by atoms with Crippen LogP contribution in [0.4, 0.5) is 5.69 Å². The van der Waals surface area contributed by atoms with E-state index in [2.05, 4.69) is 4.99 Å². The van der Waals surface area contributed by atoms with Crippen LogP contribution in [-0.4, -0.2) is 29.4 Å². The largest absolute Gasteiger partial charge is 0.478 e. The molecule has 0 aromatic heterocycles. The number of hydrogen-bond acceptors (Lipinski definition) is 6. The van der Waals surface area contributed by atoms with Crippen molar-refractivity contribution < 1.29 is 23.9 Å². The predicted octanol–water partition coefficient (Wildman–Crippen LogP) is 3.74. The van der Waals surface area contributed by atoms with Crippen molar-refractivity contribution in [2.45, 2.75) is 20.0 Å². The number of allylic oxidation sites excluding steroid dienone is 2. The summed E-state index contributed by atoms with van der Waals surface area (Å²) in [6.07, 6.45) is 5.25. The third-order valence-electron chi connectivity index (χ3n) is 5.07. The minimum absolute atomic E-state index is 0.00445. The number of esters is 1. The molecule has 0 bridgehead atoms. The number of carbonyl (C=O) groups excluding carboxylic acids is 3. The zero-order chi connectivity index (χ0) is 20.3. The zero-order valence-electron chi connectivity index (χ0n) is 15.7. The van der Waals surface area contributed by atoms with Crippen LogP contribution in [-0.2, 0) is 4.79 Å². The van der Waals surface area contributed by atoms with Crippen LogP contribution in [0.2, 0.25) is 0 Å². The molecular weight excluding hydrogens is 370 g/mol. The lowest BCUT2D eigenvalue weighted by Crippen LogP contribution is -2.30. The Bertz CT molecular complexity index is 1230. The fourth-order valence-electron chi connectivity index (χ4n) is 3.81. The summed E-state index contributed by atoms with van der Waals surface area (Å²) in [5.41, 5.74) is 2.67. The van der Waals surface area contributed by atoms with E-state index in [-0.39, 0.29) is 39.7 Å². The molecule has 1 unspecified atom stereocenters. The maximum Gasteiger partial charge on any atom is 0.308 e. The molecule has 5 rings (SSSR count). The number of ketones is 2. The topological polar surface area (TPSA) is 82.0 Å². The van der Waals surface area contributed by atoms with Gasteiger partial charge in [-0.1, -0.05) is 35.9 Å².